The van der Waals surface area contributed by atoms with Crippen molar-refractivity contribution in [1.82, 2.24) is 5.32 Å². The number of carbonyl (C=O) groups is 2. The van der Waals surface area contributed by atoms with E-state index in [0.717, 1.165) is 18.7 Å². The van der Waals surface area contributed by atoms with E-state index in [4.69, 9.17) is 4.74 Å². The highest BCUT2D eigenvalue weighted by Gasteiger charge is 2.32. The summed E-state index contributed by atoms with van der Waals surface area (Å²) in [5, 5.41) is 4.67. The first-order valence-electron chi connectivity index (χ1n) is 8.58. The number of thioether (sulfide) groups is 1. The average Bonchev–Trinajstić information content (AvgIpc) is 2.94. The molecule has 2 aliphatic heterocycles. The van der Waals surface area contributed by atoms with Crippen LogP contribution >= 0.6 is 11.8 Å². The van der Waals surface area contributed by atoms with Gasteiger partial charge in [0.2, 0.25) is 5.91 Å². The van der Waals surface area contributed by atoms with Gasteiger partial charge in [-0.15, -0.1) is 11.8 Å². The third-order valence-electron chi connectivity index (χ3n) is 4.24. The summed E-state index contributed by atoms with van der Waals surface area (Å²) >= 11 is 1.77. The van der Waals surface area contributed by atoms with Crippen molar-refractivity contribution in [3.05, 3.63) is 35.5 Å². The Morgan fingerprint density at radius 3 is 3.08 bits per heavy atom. The van der Waals surface area contributed by atoms with Crippen LogP contribution < -0.4 is 15.1 Å². The first-order valence-corrected chi connectivity index (χ1v) is 9.63. The molecule has 6 nitrogen and oxygen atoms in total. The molecular weight excluding hydrogens is 357 g/mol. The predicted octanol–water partition coefficient (Wildman–Crippen LogP) is 2.74. The lowest BCUT2D eigenvalue weighted by Crippen LogP contribution is -2.33. The summed E-state index contributed by atoms with van der Waals surface area (Å²) in [6.07, 6.45) is 2.05. The Labute approximate surface area is 156 Å². The molecule has 1 aromatic carbocycles. The second kappa shape index (κ2) is 8.44. The van der Waals surface area contributed by atoms with Crippen LogP contribution in [0.2, 0.25) is 0 Å². The first kappa shape index (κ1) is 18.6. The fourth-order valence-electron chi connectivity index (χ4n) is 2.97. The zero-order valence-corrected chi connectivity index (χ0v) is 15.4. The Hall–Kier alpha value is -2.22. The molecule has 0 aromatic heterocycles. The molecule has 0 spiro atoms. The molecule has 2 amide bonds. The number of halogens is 1. The van der Waals surface area contributed by atoms with Crippen molar-refractivity contribution in [3.8, 4) is 0 Å². The SMILES string of the molecule is CC(=O)NCC1CN(c2ccc(N3C/C=C\SCCC3)c(F)c2)C(=O)O1. The number of rotatable bonds is 4. The lowest BCUT2D eigenvalue weighted by atomic mass is 10.2. The van der Waals surface area contributed by atoms with Gasteiger partial charge < -0.3 is 15.0 Å². The highest BCUT2D eigenvalue weighted by atomic mass is 32.2. The third kappa shape index (κ3) is 4.49. The number of anilines is 2. The summed E-state index contributed by atoms with van der Waals surface area (Å²) in [7, 11) is 0. The van der Waals surface area contributed by atoms with Crippen LogP contribution in [0.25, 0.3) is 0 Å². The van der Waals surface area contributed by atoms with Gasteiger partial charge in [-0.2, -0.15) is 0 Å². The Kier molecular flexibility index (Phi) is 6.03. The first-order chi connectivity index (χ1) is 12.5. The summed E-state index contributed by atoms with van der Waals surface area (Å²) in [4.78, 5) is 26.4. The number of amides is 2. The van der Waals surface area contributed by atoms with Crippen LogP contribution in [-0.4, -0.2) is 50.0 Å². The molecule has 1 fully saturated rings. The maximum absolute atomic E-state index is 14.7. The molecule has 2 heterocycles. The number of carbonyl (C=O) groups excluding carboxylic acids is 2. The van der Waals surface area contributed by atoms with Gasteiger partial charge in [-0.1, -0.05) is 6.08 Å². The van der Waals surface area contributed by atoms with Crippen LogP contribution in [0.5, 0.6) is 0 Å². The summed E-state index contributed by atoms with van der Waals surface area (Å²) in [5.74, 6) is 0.472. The molecule has 1 N–H and O–H groups in total. The van der Waals surface area contributed by atoms with Gasteiger partial charge in [-0.3, -0.25) is 9.69 Å². The molecule has 1 saturated heterocycles. The largest absolute Gasteiger partial charge is 0.442 e. The molecule has 26 heavy (non-hydrogen) atoms. The molecule has 140 valence electrons. The molecule has 0 bridgehead atoms. The van der Waals surface area contributed by atoms with Crippen molar-refractivity contribution >= 4 is 35.1 Å². The van der Waals surface area contributed by atoms with Crippen LogP contribution in [0, 0.1) is 5.82 Å². The van der Waals surface area contributed by atoms with Crippen molar-refractivity contribution in [1.29, 1.82) is 0 Å². The van der Waals surface area contributed by atoms with Gasteiger partial charge in [-0.05, 0) is 35.8 Å². The van der Waals surface area contributed by atoms with Crippen LogP contribution in [-0.2, 0) is 9.53 Å². The Morgan fingerprint density at radius 1 is 1.46 bits per heavy atom. The molecule has 3 rings (SSSR count). The molecule has 8 heteroatoms. The third-order valence-corrected chi connectivity index (χ3v) is 5.15. The van der Waals surface area contributed by atoms with E-state index in [1.165, 1.54) is 17.9 Å². The molecule has 1 atom stereocenters. The minimum absolute atomic E-state index is 0.185. The van der Waals surface area contributed by atoms with Gasteiger partial charge in [0.05, 0.1) is 24.5 Å². The second-order valence-electron chi connectivity index (χ2n) is 6.23. The minimum atomic E-state index is -0.529. The van der Waals surface area contributed by atoms with E-state index >= 15 is 0 Å². The monoisotopic (exact) mass is 379 g/mol. The van der Waals surface area contributed by atoms with Gasteiger partial charge in [0.1, 0.15) is 11.9 Å². The zero-order chi connectivity index (χ0) is 18.5. The van der Waals surface area contributed by atoms with Crippen molar-refractivity contribution < 1.29 is 18.7 Å². The van der Waals surface area contributed by atoms with Gasteiger partial charge in [-0.25, -0.2) is 9.18 Å². The lowest BCUT2D eigenvalue weighted by Gasteiger charge is -2.25. The van der Waals surface area contributed by atoms with E-state index in [1.54, 1.807) is 23.9 Å². The fraction of sp³-hybridized carbons (Fsp3) is 0.444. The summed E-state index contributed by atoms with van der Waals surface area (Å²) in [6.45, 7) is 3.38. The van der Waals surface area contributed by atoms with E-state index in [2.05, 4.69) is 5.32 Å². The van der Waals surface area contributed by atoms with Crippen molar-refractivity contribution in [3.63, 3.8) is 0 Å². The van der Waals surface area contributed by atoms with Crippen molar-refractivity contribution in [2.75, 3.05) is 41.7 Å². The van der Waals surface area contributed by atoms with E-state index in [9.17, 15) is 14.0 Å². The smallest absolute Gasteiger partial charge is 0.414 e. The number of benzene rings is 1. The van der Waals surface area contributed by atoms with E-state index < -0.39 is 12.2 Å². The van der Waals surface area contributed by atoms with E-state index in [0.29, 0.717) is 17.9 Å². The highest BCUT2D eigenvalue weighted by molar-refractivity contribution is 8.02. The highest BCUT2D eigenvalue weighted by Crippen LogP contribution is 2.28. The van der Waals surface area contributed by atoms with Crippen LogP contribution in [0.1, 0.15) is 13.3 Å². The maximum atomic E-state index is 14.7. The summed E-state index contributed by atoms with van der Waals surface area (Å²) < 4.78 is 19.9. The number of nitrogens with zero attached hydrogens (tertiary/aromatic N) is 2. The molecule has 1 aromatic rings. The topological polar surface area (TPSA) is 61.9 Å². The molecule has 0 radical (unpaired) electrons. The zero-order valence-electron chi connectivity index (χ0n) is 14.6. The standard InChI is InChI=1S/C18H22FN3O3S/c1-13(23)20-11-15-12-22(18(24)25-15)14-4-5-17(16(19)10-14)21-6-2-8-26-9-3-7-21/h2,4-5,8,10,15H,3,6-7,9,11-12H2,1H3,(H,20,23)/b8-2-. The maximum Gasteiger partial charge on any atom is 0.414 e. The molecule has 1 unspecified atom stereocenters. The minimum Gasteiger partial charge on any atom is -0.442 e. The molecule has 2 aliphatic rings. The number of hydrogen-bond acceptors (Lipinski definition) is 5. The normalized spacial score (nSPS) is 21.8. The van der Waals surface area contributed by atoms with Gasteiger partial charge in [0.25, 0.3) is 0 Å². The molecule has 0 aliphatic carbocycles. The van der Waals surface area contributed by atoms with Crippen LogP contribution in [0.15, 0.2) is 29.7 Å². The quantitative estimate of drug-likeness (QED) is 0.872. The number of ether oxygens (including phenoxy) is 1. The lowest BCUT2D eigenvalue weighted by molar-refractivity contribution is -0.119. The average molecular weight is 379 g/mol. The Bertz CT molecular complexity index is 713. The van der Waals surface area contributed by atoms with Crippen LogP contribution in [0.4, 0.5) is 20.6 Å². The van der Waals surface area contributed by atoms with Crippen molar-refractivity contribution in [2.24, 2.45) is 0 Å². The molecule has 0 saturated carbocycles. The summed E-state index contributed by atoms with van der Waals surface area (Å²) in [5.41, 5.74) is 0.993. The fourth-order valence-corrected chi connectivity index (χ4v) is 3.63. The van der Waals surface area contributed by atoms with E-state index in [1.807, 2.05) is 16.4 Å². The number of cyclic esters (lactones) is 1. The van der Waals surface area contributed by atoms with Gasteiger partial charge in [0.15, 0.2) is 0 Å². The second-order valence-corrected chi connectivity index (χ2v) is 7.25. The Morgan fingerprint density at radius 2 is 2.31 bits per heavy atom. The van der Waals surface area contributed by atoms with Crippen LogP contribution in [0.3, 0.4) is 0 Å². The predicted molar refractivity (Wildman–Crippen MR) is 101 cm³/mol. The summed E-state index contributed by atoms with van der Waals surface area (Å²) in [6, 6.07) is 4.81. The Balaban J connectivity index is 1.70. The van der Waals surface area contributed by atoms with E-state index in [-0.39, 0.29) is 24.8 Å². The molecular formula is C18H22FN3O3S. The number of nitrogens with one attached hydrogen (secondary N) is 1. The number of hydrogen-bond donors (Lipinski definition) is 1. The van der Waals surface area contributed by atoms with Gasteiger partial charge >= 0.3 is 6.09 Å². The van der Waals surface area contributed by atoms with Gasteiger partial charge in [0, 0.05) is 20.0 Å². The van der Waals surface area contributed by atoms with Crippen molar-refractivity contribution in [2.45, 2.75) is 19.4 Å².